The third-order valence-electron chi connectivity index (χ3n) is 13.8. The van der Waals surface area contributed by atoms with Gasteiger partial charge in [0.2, 0.25) is 0 Å². The fraction of sp³-hybridized carbons (Fsp3) is 0.0156. The summed E-state index contributed by atoms with van der Waals surface area (Å²) in [7, 11) is 0. The molecule has 0 amide bonds. The van der Waals surface area contributed by atoms with Crippen molar-refractivity contribution in [1.29, 1.82) is 0 Å². The number of fused-ring (bicyclic) bond motifs is 12. The highest BCUT2D eigenvalue weighted by molar-refractivity contribution is 5.99. The van der Waals surface area contributed by atoms with Gasteiger partial charge in [0.25, 0.3) is 0 Å². The van der Waals surface area contributed by atoms with Gasteiger partial charge in [-0.3, -0.25) is 0 Å². The average molecular weight is 852 g/mol. The number of aromatic nitrogens is 3. The van der Waals surface area contributed by atoms with Gasteiger partial charge in [0.15, 0.2) is 17.5 Å². The second-order valence-electron chi connectivity index (χ2n) is 17.4. The van der Waals surface area contributed by atoms with Crippen molar-refractivity contribution in [2.75, 3.05) is 0 Å². The van der Waals surface area contributed by atoms with E-state index in [9.17, 15) is 0 Å². The van der Waals surface area contributed by atoms with Gasteiger partial charge < -0.3 is 0 Å². The first-order valence-electron chi connectivity index (χ1n) is 22.9. The van der Waals surface area contributed by atoms with Crippen LogP contribution in [0.5, 0.6) is 0 Å². The van der Waals surface area contributed by atoms with Crippen LogP contribution in [0.1, 0.15) is 22.3 Å². The van der Waals surface area contributed by atoms with E-state index in [4.69, 9.17) is 15.0 Å². The first-order valence-corrected chi connectivity index (χ1v) is 22.9. The Balaban J connectivity index is 1.11. The average Bonchev–Trinajstić information content (AvgIpc) is 3.66. The Bertz CT molecular complexity index is 3550. The Labute approximate surface area is 390 Å². The van der Waals surface area contributed by atoms with Gasteiger partial charge in [-0.1, -0.05) is 231 Å². The molecule has 0 fully saturated rings. The molecule has 1 spiro atoms. The largest absolute Gasteiger partial charge is 0.208 e. The molecule has 3 heteroatoms. The molecule has 13 rings (SSSR count). The van der Waals surface area contributed by atoms with Crippen LogP contribution < -0.4 is 0 Å². The molecule has 0 aliphatic heterocycles. The van der Waals surface area contributed by atoms with E-state index >= 15 is 0 Å². The molecule has 0 atom stereocenters. The zero-order valence-corrected chi connectivity index (χ0v) is 36.5. The Kier molecular flexibility index (Phi) is 9.07. The van der Waals surface area contributed by atoms with Crippen LogP contribution in [0, 0.1) is 0 Å². The molecule has 3 nitrogen and oxygen atoms in total. The second-order valence-corrected chi connectivity index (χ2v) is 17.4. The van der Waals surface area contributed by atoms with E-state index < -0.39 is 5.41 Å². The summed E-state index contributed by atoms with van der Waals surface area (Å²) in [6.45, 7) is 0. The lowest BCUT2D eigenvalue weighted by Gasteiger charge is -2.36. The van der Waals surface area contributed by atoms with E-state index in [1.54, 1.807) is 0 Å². The van der Waals surface area contributed by atoms with Gasteiger partial charge in [0.05, 0.1) is 5.41 Å². The molecule has 1 heterocycles. The summed E-state index contributed by atoms with van der Waals surface area (Å²) >= 11 is 0. The molecule has 0 bridgehead atoms. The molecule has 312 valence electrons. The minimum absolute atomic E-state index is 0.610. The van der Waals surface area contributed by atoms with E-state index in [1.807, 2.05) is 0 Å². The predicted octanol–water partition coefficient (Wildman–Crippen LogP) is 15.9. The van der Waals surface area contributed by atoms with E-state index in [-0.39, 0.29) is 0 Å². The highest BCUT2D eigenvalue weighted by atomic mass is 15.0. The van der Waals surface area contributed by atoms with Crippen LogP contribution >= 0.6 is 0 Å². The third kappa shape index (κ3) is 6.24. The Hall–Kier alpha value is -8.79. The van der Waals surface area contributed by atoms with Crippen molar-refractivity contribution in [3.63, 3.8) is 0 Å². The number of benzene rings is 10. The fourth-order valence-corrected chi connectivity index (χ4v) is 10.8. The topological polar surface area (TPSA) is 38.7 Å². The summed E-state index contributed by atoms with van der Waals surface area (Å²) < 4.78 is 0. The molecule has 1 aromatic heterocycles. The van der Waals surface area contributed by atoms with Crippen molar-refractivity contribution in [2.24, 2.45) is 0 Å². The lowest BCUT2D eigenvalue weighted by Crippen LogP contribution is -2.30. The summed E-state index contributed by atoms with van der Waals surface area (Å²) in [6.07, 6.45) is 0. The van der Waals surface area contributed by atoms with Crippen molar-refractivity contribution >= 4 is 0 Å². The SMILES string of the molecule is c1ccc(-c2ccc(-c3nc(-c4cc(-c5ccccc5)cc(-c5ccccc5)c4)nc(-c4cccc5c4C4(c6ccccc6-c6ccccc6-c6ccccc64)c4ccccc4-5)n3)cc2)cc1. The first-order chi connectivity index (χ1) is 33.2. The third-order valence-corrected chi connectivity index (χ3v) is 13.8. The van der Waals surface area contributed by atoms with Crippen molar-refractivity contribution < 1.29 is 0 Å². The van der Waals surface area contributed by atoms with Crippen LogP contribution in [0.15, 0.2) is 249 Å². The maximum Gasteiger partial charge on any atom is 0.164 e. The van der Waals surface area contributed by atoms with Gasteiger partial charge in [-0.25, -0.2) is 15.0 Å². The van der Waals surface area contributed by atoms with Crippen molar-refractivity contribution in [3.8, 4) is 101 Å². The number of rotatable bonds is 6. The smallest absolute Gasteiger partial charge is 0.164 e. The highest BCUT2D eigenvalue weighted by Crippen LogP contribution is 2.63. The molecule has 0 radical (unpaired) electrons. The molecule has 67 heavy (non-hydrogen) atoms. The zero-order valence-electron chi connectivity index (χ0n) is 36.5. The molecule has 10 aromatic carbocycles. The van der Waals surface area contributed by atoms with E-state index in [1.165, 1.54) is 55.6 Å². The zero-order chi connectivity index (χ0) is 44.3. The van der Waals surface area contributed by atoms with Crippen molar-refractivity contribution in [2.45, 2.75) is 5.41 Å². The molecule has 0 N–H and O–H groups in total. The molecular weight excluding hydrogens is 811 g/mol. The Morgan fingerprint density at radius 2 is 0.537 bits per heavy atom. The van der Waals surface area contributed by atoms with Gasteiger partial charge in [-0.05, 0) is 107 Å². The molecule has 2 aliphatic rings. The van der Waals surface area contributed by atoms with Gasteiger partial charge in [0.1, 0.15) is 0 Å². The molecular formula is C64H41N3. The summed E-state index contributed by atoms with van der Waals surface area (Å²) in [4.78, 5) is 16.5. The van der Waals surface area contributed by atoms with Gasteiger partial charge >= 0.3 is 0 Å². The van der Waals surface area contributed by atoms with Crippen LogP contribution in [0.3, 0.4) is 0 Å². The van der Waals surface area contributed by atoms with Crippen molar-refractivity contribution in [1.82, 2.24) is 15.0 Å². The number of hydrogen-bond acceptors (Lipinski definition) is 3. The summed E-state index contributed by atoms with van der Waals surface area (Å²) in [5.74, 6) is 1.85. The standard InChI is InChI=1S/C64H41N3/c1-4-19-42(20-5-1)45-35-37-46(38-36-45)61-65-62(49-40-47(43-21-6-2-7-22-43)39-48(41-49)44-23-8-3-9-24-44)67-63(66-61)56-31-18-30-55-54-29-14-17-34-59(54)64(60(55)56)57-32-15-12-27-52(57)50-25-10-11-26-51(50)53-28-13-16-33-58(53)64/h1-41H. The van der Waals surface area contributed by atoms with E-state index in [0.717, 1.165) is 50.1 Å². The predicted molar refractivity (Wildman–Crippen MR) is 274 cm³/mol. The minimum Gasteiger partial charge on any atom is -0.208 e. The Morgan fingerprint density at radius 3 is 1.04 bits per heavy atom. The normalized spacial score (nSPS) is 12.6. The molecule has 2 aliphatic carbocycles. The van der Waals surface area contributed by atoms with Crippen molar-refractivity contribution in [3.05, 3.63) is 271 Å². The molecule has 0 saturated carbocycles. The monoisotopic (exact) mass is 851 g/mol. The Morgan fingerprint density at radius 1 is 0.209 bits per heavy atom. The van der Waals surface area contributed by atoms with Gasteiger partial charge in [-0.2, -0.15) is 0 Å². The molecule has 11 aromatic rings. The van der Waals surface area contributed by atoms with Gasteiger partial charge in [-0.15, -0.1) is 0 Å². The van der Waals surface area contributed by atoms with E-state index in [2.05, 4.69) is 249 Å². The van der Waals surface area contributed by atoms with Crippen LogP contribution in [-0.4, -0.2) is 15.0 Å². The highest BCUT2D eigenvalue weighted by Gasteiger charge is 2.51. The number of hydrogen-bond donors (Lipinski definition) is 0. The molecule has 0 saturated heterocycles. The lowest BCUT2D eigenvalue weighted by molar-refractivity contribution is 0.775. The summed E-state index contributed by atoms with van der Waals surface area (Å²) in [6, 6.07) is 89.6. The molecule has 0 unspecified atom stereocenters. The minimum atomic E-state index is -0.716. The van der Waals surface area contributed by atoms with Gasteiger partial charge in [0, 0.05) is 16.7 Å². The summed E-state index contributed by atoms with van der Waals surface area (Å²) in [5.41, 5.74) is 21.0. The lowest BCUT2D eigenvalue weighted by atomic mass is 9.65. The van der Waals surface area contributed by atoms with Crippen LogP contribution in [0.4, 0.5) is 0 Å². The quantitative estimate of drug-likeness (QED) is 0.167. The van der Waals surface area contributed by atoms with Crippen LogP contribution in [0.2, 0.25) is 0 Å². The maximum absolute atomic E-state index is 5.61. The summed E-state index contributed by atoms with van der Waals surface area (Å²) in [5, 5.41) is 0. The second kappa shape index (κ2) is 15.7. The van der Waals surface area contributed by atoms with Crippen LogP contribution in [0.25, 0.3) is 101 Å². The maximum atomic E-state index is 5.61. The first kappa shape index (κ1) is 38.6. The fourth-order valence-electron chi connectivity index (χ4n) is 10.8. The van der Waals surface area contributed by atoms with E-state index in [0.29, 0.717) is 17.5 Å². The number of nitrogens with zero attached hydrogens (tertiary/aromatic N) is 3. The van der Waals surface area contributed by atoms with Crippen LogP contribution in [-0.2, 0) is 5.41 Å².